The number of carboxylic acids is 1. The molecule has 0 fully saturated rings. The fraction of sp³-hybridized carbons (Fsp3) is 0.333. The highest BCUT2D eigenvalue weighted by molar-refractivity contribution is 8.00. The minimum Gasteiger partial charge on any atom is -0.480 e. The average molecular weight is 287 g/mol. The summed E-state index contributed by atoms with van der Waals surface area (Å²) in [5, 5.41) is 20.2. The second-order valence-corrected chi connectivity index (χ2v) is 4.86. The van der Waals surface area contributed by atoms with E-state index in [4.69, 9.17) is 5.11 Å². The number of rotatable bonds is 6. The maximum Gasteiger partial charge on any atom is 0.328 e. The van der Waals surface area contributed by atoms with Crippen molar-refractivity contribution in [2.75, 3.05) is 5.75 Å². The Balaban J connectivity index is 2.52. The smallest absolute Gasteiger partial charge is 0.328 e. The molecule has 2 atom stereocenters. The van der Waals surface area contributed by atoms with E-state index in [2.05, 4.69) is 5.32 Å². The first-order valence-electron chi connectivity index (χ1n) is 5.49. The summed E-state index contributed by atoms with van der Waals surface area (Å²) in [7, 11) is 0. The summed E-state index contributed by atoms with van der Waals surface area (Å²) in [6, 6.07) is 4.60. The van der Waals surface area contributed by atoms with Crippen molar-refractivity contribution in [2.24, 2.45) is 0 Å². The maximum atomic E-state index is 13.3. The molecule has 104 valence electrons. The van der Waals surface area contributed by atoms with E-state index in [9.17, 15) is 19.1 Å². The molecule has 5 nitrogen and oxygen atoms in total. The Hall–Kier alpha value is -1.60. The number of benzene rings is 1. The molecule has 1 aromatic rings. The first kappa shape index (κ1) is 15.5. The second-order valence-electron chi connectivity index (χ2n) is 3.84. The van der Waals surface area contributed by atoms with Crippen LogP contribution in [-0.4, -0.2) is 40.0 Å². The zero-order valence-electron chi connectivity index (χ0n) is 10.2. The molecule has 0 aromatic heterocycles. The van der Waals surface area contributed by atoms with Gasteiger partial charge in [0.1, 0.15) is 5.82 Å². The first-order valence-corrected chi connectivity index (χ1v) is 6.48. The molecule has 19 heavy (non-hydrogen) atoms. The summed E-state index contributed by atoms with van der Waals surface area (Å²) >= 11 is 0.959. The van der Waals surface area contributed by atoms with Crippen LogP contribution in [0.1, 0.15) is 6.92 Å². The van der Waals surface area contributed by atoms with Gasteiger partial charge in [0.25, 0.3) is 0 Å². The lowest BCUT2D eigenvalue weighted by Crippen LogP contribution is -2.48. The van der Waals surface area contributed by atoms with Gasteiger partial charge in [0.2, 0.25) is 5.91 Å². The van der Waals surface area contributed by atoms with Crippen LogP contribution in [-0.2, 0) is 9.59 Å². The number of aliphatic hydroxyl groups excluding tert-OH is 1. The Labute approximate surface area is 113 Å². The third kappa shape index (κ3) is 4.88. The van der Waals surface area contributed by atoms with Gasteiger partial charge in [-0.25, -0.2) is 9.18 Å². The minimum absolute atomic E-state index is 0.128. The fourth-order valence-corrected chi connectivity index (χ4v) is 2.06. The largest absolute Gasteiger partial charge is 0.480 e. The molecule has 0 aliphatic heterocycles. The number of halogens is 1. The molecule has 0 saturated heterocycles. The normalized spacial score (nSPS) is 13.6. The lowest BCUT2D eigenvalue weighted by molar-refractivity contribution is -0.144. The predicted octanol–water partition coefficient (Wildman–Crippen LogP) is 0.868. The Kier molecular flexibility index (Phi) is 5.78. The van der Waals surface area contributed by atoms with E-state index in [1.807, 2.05) is 0 Å². The van der Waals surface area contributed by atoms with Crippen LogP contribution in [0.4, 0.5) is 4.39 Å². The standard InChI is InChI=1S/C12H14FNO4S/c1-7(15)11(12(17)18)14-10(16)6-19-9-5-3-2-4-8(9)13/h2-5,7,11,15H,6H2,1H3,(H,14,16)(H,17,18). The Morgan fingerprint density at radius 3 is 2.58 bits per heavy atom. The van der Waals surface area contributed by atoms with E-state index in [-0.39, 0.29) is 5.75 Å². The monoisotopic (exact) mass is 287 g/mol. The molecular formula is C12H14FNO4S. The lowest BCUT2D eigenvalue weighted by Gasteiger charge is -2.16. The van der Waals surface area contributed by atoms with E-state index in [0.29, 0.717) is 4.90 Å². The average Bonchev–Trinajstić information content (AvgIpc) is 2.34. The summed E-state index contributed by atoms with van der Waals surface area (Å²) in [5.41, 5.74) is 0. The van der Waals surface area contributed by atoms with Gasteiger partial charge in [-0.05, 0) is 19.1 Å². The zero-order valence-corrected chi connectivity index (χ0v) is 11.0. The van der Waals surface area contributed by atoms with Gasteiger partial charge in [-0.3, -0.25) is 4.79 Å². The molecule has 0 radical (unpaired) electrons. The molecule has 1 aromatic carbocycles. The van der Waals surface area contributed by atoms with Gasteiger partial charge in [0, 0.05) is 4.90 Å². The fourth-order valence-electron chi connectivity index (χ4n) is 1.31. The number of hydrogen-bond donors (Lipinski definition) is 3. The highest BCUT2D eigenvalue weighted by Gasteiger charge is 2.24. The van der Waals surface area contributed by atoms with Crippen LogP contribution in [0.15, 0.2) is 29.2 Å². The van der Waals surface area contributed by atoms with Crippen LogP contribution in [0.3, 0.4) is 0 Å². The van der Waals surface area contributed by atoms with Crippen molar-refractivity contribution in [3.63, 3.8) is 0 Å². The van der Waals surface area contributed by atoms with Crippen LogP contribution in [0.5, 0.6) is 0 Å². The van der Waals surface area contributed by atoms with Gasteiger partial charge in [0.15, 0.2) is 6.04 Å². The number of nitrogens with one attached hydrogen (secondary N) is 1. The van der Waals surface area contributed by atoms with Crippen molar-refractivity contribution in [3.05, 3.63) is 30.1 Å². The van der Waals surface area contributed by atoms with E-state index >= 15 is 0 Å². The van der Waals surface area contributed by atoms with Crippen LogP contribution in [0.25, 0.3) is 0 Å². The molecule has 0 spiro atoms. The number of carboxylic acid groups (broad SMARTS) is 1. The summed E-state index contributed by atoms with van der Waals surface area (Å²) in [4.78, 5) is 22.6. The zero-order chi connectivity index (χ0) is 14.4. The van der Waals surface area contributed by atoms with E-state index in [1.54, 1.807) is 6.07 Å². The number of carbonyl (C=O) groups excluding carboxylic acids is 1. The maximum absolute atomic E-state index is 13.3. The lowest BCUT2D eigenvalue weighted by atomic mass is 10.2. The van der Waals surface area contributed by atoms with Crippen molar-refractivity contribution >= 4 is 23.6 Å². The number of carbonyl (C=O) groups is 2. The molecule has 1 rings (SSSR count). The molecule has 0 aliphatic rings. The molecule has 0 heterocycles. The van der Waals surface area contributed by atoms with Gasteiger partial charge in [-0.1, -0.05) is 12.1 Å². The molecule has 1 amide bonds. The minimum atomic E-state index is -1.37. The van der Waals surface area contributed by atoms with Crippen LogP contribution >= 0.6 is 11.8 Å². The van der Waals surface area contributed by atoms with Gasteiger partial charge in [-0.2, -0.15) is 0 Å². The third-order valence-electron chi connectivity index (χ3n) is 2.26. The quantitative estimate of drug-likeness (QED) is 0.676. The summed E-state index contributed by atoms with van der Waals surface area (Å²) < 4.78 is 13.3. The molecule has 3 N–H and O–H groups in total. The van der Waals surface area contributed by atoms with Gasteiger partial charge >= 0.3 is 5.97 Å². The highest BCUT2D eigenvalue weighted by Crippen LogP contribution is 2.20. The summed E-state index contributed by atoms with van der Waals surface area (Å²) in [5.74, 6) is -2.47. The molecule has 0 aliphatic carbocycles. The number of hydrogen-bond acceptors (Lipinski definition) is 4. The first-order chi connectivity index (χ1) is 8.91. The van der Waals surface area contributed by atoms with Crippen molar-refractivity contribution in [1.82, 2.24) is 5.32 Å². The molecule has 0 saturated carbocycles. The number of aliphatic hydroxyl groups is 1. The van der Waals surface area contributed by atoms with Gasteiger partial charge in [-0.15, -0.1) is 11.8 Å². The predicted molar refractivity (Wildman–Crippen MR) is 68.4 cm³/mol. The van der Waals surface area contributed by atoms with E-state index in [1.165, 1.54) is 25.1 Å². The van der Waals surface area contributed by atoms with Crippen molar-refractivity contribution in [1.29, 1.82) is 0 Å². The summed E-state index contributed by atoms with van der Waals surface area (Å²) in [6.45, 7) is 1.27. The molecule has 7 heteroatoms. The van der Waals surface area contributed by atoms with Crippen LogP contribution < -0.4 is 5.32 Å². The topological polar surface area (TPSA) is 86.6 Å². The van der Waals surface area contributed by atoms with Gasteiger partial charge < -0.3 is 15.5 Å². The Morgan fingerprint density at radius 1 is 1.42 bits per heavy atom. The van der Waals surface area contributed by atoms with E-state index < -0.39 is 29.8 Å². The summed E-state index contributed by atoms with van der Waals surface area (Å²) in [6.07, 6.45) is -1.21. The van der Waals surface area contributed by atoms with Crippen molar-refractivity contribution in [3.8, 4) is 0 Å². The van der Waals surface area contributed by atoms with Crippen LogP contribution in [0, 0.1) is 5.82 Å². The SMILES string of the molecule is CC(O)C(NC(=O)CSc1ccccc1F)C(=O)O. The van der Waals surface area contributed by atoms with Crippen molar-refractivity contribution < 1.29 is 24.2 Å². The van der Waals surface area contributed by atoms with Gasteiger partial charge in [0.05, 0.1) is 11.9 Å². The number of amides is 1. The Morgan fingerprint density at radius 2 is 2.05 bits per heavy atom. The number of aliphatic carboxylic acids is 1. The molecule has 2 unspecified atom stereocenters. The molecule has 0 bridgehead atoms. The number of thioether (sulfide) groups is 1. The third-order valence-corrected chi connectivity index (χ3v) is 3.31. The van der Waals surface area contributed by atoms with Crippen molar-refractivity contribution in [2.45, 2.75) is 24.0 Å². The Bertz CT molecular complexity index is 467. The highest BCUT2D eigenvalue weighted by atomic mass is 32.2. The van der Waals surface area contributed by atoms with E-state index in [0.717, 1.165) is 11.8 Å². The second kappa shape index (κ2) is 7.10. The van der Waals surface area contributed by atoms with Crippen LogP contribution in [0.2, 0.25) is 0 Å². The molecular weight excluding hydrogens is 273 g/mol.